The highest BCUT2D eigenvalue weighted by molar-refractivity contribution is 8.39. The summed E-state index contributed by atoms with van der Waals surface area (Å²) in [6, 6.07) is -0.265. The van der Waals surface area contributed by atoms with Crippen LogP contribution in [0.25, 0.3) is 0 Å². The van der Waals surface area contributed by atoms with Crippen molar-refractivity contribution < 1.29 is 9.53 Å². The minimum absolute atomic E-state index is 0.193. The van der Waals surface area contributed by atoms with Crippen LogP contribution in [-0.2, 0) is 9.53 Å². The Morgan fingerprint density at radius 2 is 2.54 bits per heavy atom. The molecule has 0 aromatic carbocycles. The van der Waals surface area contributed by atoms with Crippen LogP contribution in [0.4, 0.5) is 0 Å². The van der Waals surface area contributed by atoms with Crippen LogP contribution < -0.4 is 0 Å². The van der Waals surface area contributed by atoms with Gasteiger partial charge in [0, 0.05) is 5.75 Å². The van der Waals surface area contributed by atoms with Crippen LogP contribution in [-0.4, -0.2) is 34.5 Å². The molecule has 1 heterocycles. The van der Waals surface area contributed by atoms with Gasteiger partial charge in [0.1, 0.15) is 4.38 Å². The SMILES string of the molecule is CCOC(=O)[C@@H]1CSC(SCC)=N1. The lowest BCUT2D eigenvalue weighted by atomic mass is 10.4. The summed E-state index contributed by atoms with van der Waals surface area (Å²) in [6.45, 7) is 4.32. The molecule has 0 amide bonds. The fourth-order valence-electron chi connectivity index (χ4n) is 0.914. The van der Waals surface area contributed by atoms with E-state index in [1.807, 2.05) is 6.92 Å². The Morgan fingerprint density at radius 1 is 1.77 bits per heavy atom. The van der Waals surface area contributed by atoms with Gasteiger partial charge in [0.05, 0.1) is 6.61 Å². The van der Waals surface area contributed by atoms with Crippen LogP contribution in [0.15, 0.2) is 4.99 Å². The van der Waals surface area contributed by atoms with Gasteiger partial charge in [-0.15, -0.1) is 11.8 Å². The highest BCUT2D eigenvalue weighted by atomic mass is 32.2. The molecule has 1 aliphatic rings. The van der Waals surface area contributed by atoms with Gasteiger partial charge in [0.25, 0.3) is 0 Å². The molecule has 0 saturated carbocycles. The normalized spacial score (nSPS) is 21.4. The van der Waals surface area contributed by atoms with Gasteiger partial charge in [-0.1, -0.05) is 18.7 Å². The first-order valence-corrected chi connectivity index (χ1v) is 6.25. The first-order valence-electron chi connectivity index (χ1n) is 4.28. The second-order valence-electron chi connectivity index (χ2n) is 2.41. The Morgan fingerprint density at radius 3 is 3.15 bits per heavy atom. The molecule has 0 bridgehead atoms. The van der Waals surface area contributed by atoms with Gasteiger partial charge in [-0.2, -0.15) is 0 Å². The van der Waals surface area contributed by atoms with E-state index in [9.17, 15) is 4.79 Å². The maximum Gasteiger partial charge on any atom is 0.331 e. The van der Waals surface area contributed by atoms with E-state index in [0.29, 0.717) is 6.61 Å². The molecule has 1 aliphatic heterocycles. The Labute approximate surface area is 86.7 Å². The maximum absolute atomic E-state index is 11.2. The van der Waals surface area contributed by atoms with E-state index in [1.165, 1.54) is 0 Å². The van der Waals surface area contributed by atoms with Crippen molar-refractivity contribution in [1.82, 2.24) is 0 Å². The topological polar surface area (TPSA) is 38.7 Å². The van der Waals surface area contributed by atoms with Crippen molar-refractivity contribution in [3.63, 3.8) is 0 Å². The zero-order valence-electron chi connectivity index (χ0n) is 7.78. The lowest BCUT2D eigenvalue weighted by Crippen LogP contribution is -2.21. The fraction of sp³-hybridized carbons (Fsp3) is 0.750. The number of aliphatic imine (C=N–C) groups is 1. The van der Waals surface area contributed by atoms with Crippen LogP contribution in [0.5, 0.6) is 0 Å². The Balaban J connectivity index is 2.42. The number of thioether (sulfide) groups is 2. The van der Waals surface area contributed by atoms with Crippen molar-refractivity contribution in [3.8, 4) is 0 Å². The van der Waals surface area contributed by atoms with Crippen LogP contribution in [0, 0.1) is 0 Å². The molecule has 13 heavy (non-hydrogen) atoms. The number of hydrogen-bond donors (Lipinski definition) is 0. The third-order valence-electron chi connectivity index (χ3n) is 1.45. The first-order chi connectivity index (χ1) is 6.27. The lowest BCUT2D eigenvalue weighted by molar-refractivity contribution is -0.143. The Bertz CT molecular complexity index is 218. The molecule has 3 nitrogen and oxygen atoms in total. The first kappa shape index (κ1) is 10.9. The van der Waals surface area contributed by atoms with Crippen LogP contribution in [0.3, 0.4) is 0 Å². The van der Waals surface area contributed by atoms with E-state index >= 15 is 0 Å². The average Bonchev–Trinajstić information content (AvgIpc) is 2.54. The van der Waals surface area contributed by atoms with Crippen LogP contribution in [0.1, 0.15) is 13.8 Å². The highest BCUT2D eigenvalue weighted by Crippen LogP contribution is 2.26. The van der Waals surface area contributed by atoms with Gasteiger partial charge in [-0.3, -0.25) is 4.99 Å². The predicted octanol–water partition coefficient (Wildman–Crippen LogP) is 1.77. The minimum atomic E-state index is -0.265. The highest BCUT2D eigenvalue weighted by Gasteiger charge is 2.25. The molecular formula is C8H13NO2S2. The van der Waals surface area contributed by atoms with E-state index in [1.54, 1.807) is 23.5 Å². The summed E-state index contributed by atoms with van der Waals surface area (Å²) < 4.78 is 5.90. The summed E-state index contributed by atoms with van der Waals surface area (Å²) in [6.07, 6.45) is 0. The molecule has 74 valence electrons. The van der Waals surface area contributed by atoms with Crippen LogP contribution >= 0.6 is 23.5 Å². The van der Waals surface area contributed by atoms with Crippen molar-refractivity contribution in [2.24, 2.45) is 4.99 Å². The van der Waals surface area contributed by atoms with Gasteiger partial charge in [-0.25, -0.2) is 4.79 Å². The Hall–Kier alpha value is -0.160. The molecule has 0 spiro atoms. The average molecular weight is 219 g/mol. The van der Waals surface area contributed by atoms with Crippen molar-refractivity contribution in [2.75, 3.05) is 18.1 Å². The summed E-state index contributed by atoms with van der Waals surface area (Å²) >= 11 is 3.32. The molecule has 0 fully saturated rings. The lowest BCUT2D eigenvalue weighted by Gasteiger charge is -2.03. The summed E-state index contributed by atoms with van der Waals surface area (Å²) in [5.41, 5.74) is 0. The molecule has 0 N–H and O–H groups in total. The van der Waals surface area contributed by atoms with E-state index in [-0.39, 0.29) is 12.0 Å². The third kappa shape index (κ3) is 3.23. The summed E-state index contributed by atoms with van der Waals surface area (Å²) in [4.78, 5) is 15.5. The fourth-order valence-corrected chi connectivity index (χ4v) is 2.97. The number of nitrogens with zero attached hydrogens (tertiary/aromatic N) is 1. The van der Waals surface area contributed by atoms with Crippen molar-refractivity contribution in [3.05, 3.63) is 0 Å². The van der Waals surface area contributed by atoms with E-state index in [0.717, 1.165) is 15.9 Å². The molecule has 0 unspecified atom stereocenters. The molecular weight excluding hydrogens is 206 g/mol. The van der Waals surface area contributed by atoms with Gasteiger partial charge in [0.2, 0.25) is 0 Å². The minimum Gasteiger partial charge on any atom is -0.464 e. The van der Waals surface area contributed by atoms with Crippen molar-refractivity contribution >= 4 is 33.9 Å². The number of hydrogen-bond acceptors (Lipinski definition) is 5. The smallest absolute Gasteiger partial charge is 0.331 e. The molecule has 1 rings (SSSR count). The molecule has 0 radical (unpaired) electrons. The van der Waals surface area contributed by atoms with Gasteiger partial charge >= 0.3 is 5.97 Å². The van der Waals surface area contributed by atoms with Gasteiger partial charge in [0.15, 0.2) is 6.04 Å². The van der Waals surface area contributed by atoms with Crippen molar-refractivity contribution in [1.29, 1.82) is 0 Å². The molecule has 0 aromatic heterocycles. The monoisotopic (exact) mass is 219 g/mol. The number of rotatable bonds is 3. The van der Waals surface area contributed by atoms with E-state index in [2.05, 4.69) is 11.9 Å². The zero-order chi connectivity index (χ0) is 9.68. The summed E-state index contributed by atoms with van der Waals surface area (Å²) in [7, 11) is 0. The molecule has 5 heteroatoms. The van der Waals surface area contributed by atoms with Crippen LogP contribution in [0.2, 0.25) is 0 Å². The predicted molar refractivity (Wildman–Crippen MR) is 58.4 cm³/mol. The largest absolute Gasteiger partial charge is 0.464 e. The quantitative estimate of drug-likeness (QED) is 0.678. The Kier molecular flexibility index (Phi) is 4.66. The number of carbonyl (C=O) groups is 1. The second kappa shape index (κ2) is 5.54. The zero-order valence-corrected chi connectivity index (χ0v) is 9.41. The second-order valence-corrected chi connectivity index (χ2v) is 4.93. The number of esters is 1. The molecule has 0 aromatic rings. The third-order valence-corrected chi connectivity index (χ3v) is 3.64. The molecule has 1 atom stereocenters. The molecule has 0 aliphatic carbocycles. The standard InChI is InChI=1S/C8H13NO2S2/c1-3-11-7(10)6-5-13-8(9-6)12-4-2/h6H,3-5H2,1-2H3/t6-/m0/s1. The van der Waals surface area contributed by atoms with Crippen molar-refractivity contribution in [2.45, 2.75) is 19.9 Å². The molecule has 0 saturated heterocycles. The van der Waals surface area contributed by atoms with Gasteiger partial charge in [-0.05, 0) is 12.7 Å². The summed E-state index contributed by atoms with van der Waals surface area (Å²) in [5, 5.41) is 0. The number of ether oxygens (including phenoxy) is 1. The number of carbonyl (C=O) groups excluding carboxylic acids is 1. The summed E-state index contributed by atoms with van der Waals surface area (Å²) in [5.74, 6) is 1.55. The van der Waals surface area contributed by atoms with E-state index < -0.39 is 0 Å². The van der Waals surface area contributed by atoms with Gasteiger partial charge < -0.3 is 4.74 Å². The van der Waals surface area contributed by atoms with E-state index in [4.69, 9.17) is 4.74 Å². The maximum atomic E-state index is 11.2.